The van der Waals surface area contributed by atoms with Crippen molar-refractivity contribution in [2.45, 2.75) is 17.6 Å². The SMILES string of the molecule is CSC1(CNc2nc(N)c3ccccc3n2)CC1. The van der Waals surface area contributed by atoms with Crippen LogP contribution in [0.15, 0.2) is 24.3 Å². The van der Waals surface area contributed by atoms with E-state index in [-0.39, 0.29) is 0 Å². The topological polar surface area (TPSA) is 63.8 Å². The number of nitrogens with one attached hydrogen (secondary N) is 1. The van der Waals surface area contributed by atoms with Crippen molar-refractivity contribution in [3.05, 3.63) is 24.3 Å². The van der Waals surface area contributed by atoms with Crippen LogP contribution in [0.2, 0.25) is 0 Å². The highest BCUT2D eigenvalue weighted by molar-refractivity contribution is 8.00. The second kappa shape index (κ2) is 4.31. The molecule has 3 rings (SSSR count). The predicted molar refractivity (Wildman–Crippen MR) is 77.9 cm³/mol. The van der Waals surface area contributed by atoms with Gasteiger partial charge in [0.05, 0.1) is 5.52 Å². The van der Waals surface area contributed by atoms with E-state index in [9.17, 15) is 0 Å². The Kier molecular flexibility index (Phi) is 2.78. The standard InChI is InChI=1S/C13H16N4S/c1-18-13(6-7-13)8-15-12-16-10-5-3-2-4-9(10)11(14)17-12/h2-5H,6-8H2,1H3,(H3,14,15,16,17). The van der Waals surface area contributed by atoms with Crippen LogP contribution in [0.5, 0.6) is 0 Å². The molecule has 0 atom stereocenters. The molecule has 1 aliphatic rings. The van der Waals surface area contributed by atoms with Crippen molar-refractivity contribution in [1.29, 1.82) is 0 Å². The molecule has 4 nitrogen and oxygen atoms in total. The molecule has 1 aromatic heterocycles. The molecule has 1 fully saturated rings. The van der Waals surface area contributed by atoms with Gasteiger partial charge < -0.3 is 11.1 Å². The van der Waals surface area contributed by atoms with Crippen LogP contribution in [0.3, 0.4) is 0 Å². The first-order valence-corrected chi connectivity index (χ1v) is 7.26. The lowest BCUT2D eigenvalue weighted by Crippen LogP contribution is -2.19. The first-order valence-electron chi connectivity index (χ1n) is 6.04. The lowest BCUT2D eigenvalue weighted by Gasteiger charge is -2.13. The Labute approximate surface area is 110 Å². The second-order valence-electron chi connectivity index (χ2n) is 4.69. The summed E-state index contributed by atoms with van der Waals surface area (Å²) in [6, 6.07) is 7.81. The average molecular weight is 260 g/mol. The molecule has 1 heterocycles. The van der Waals surface area contributed by atoms with Gasteiger partial charge >= 0.3 is 0 Å². The average Bonchev–Trinajstić information content (AvgIpc) is 3.17. The molecule has 1 aliphatic carbocycles. The van der Waals surface area contributed by atoms with Crippen LogP contribution in [-0.2, 0) is 0 Å². The molecule has 2 aromatic rings. The van der Waals surface area contributed by atoms with Crippen LogP contribution < -0.4 is 11.1 Å². The van der Waals surface area contributed by atoms with Crippen molar-refractivity contribution >= 4 is 34.4 Å². The Balaban J connectivity index is 1.84. The van der Waals surface area contributed by atoms with Crippen LogP contribution >= 0.6 is 11.8 Å². The maximum absolute atomic E-state index is 5.95. The van der Waals surface area contributed by atoms with Gasteiger partial charge in [-0.25, -0.2) is 4.98 Å². The summed E-state index contributed by atoms with van der Waals surface area (Å²) in [4.78, 5) is 8.80. The highest BCUT2D eigenvalue weighted by Crippen LogP contribution is 2.46. The number of nitrogen functional groups attached to an aromatic ring is 1. The van der Waals surface area contributed by atoms with Gasteiger partial charge in [-0.05, 0) is 31.2 Å². The molecular formula is C13H16N4S. The van der Waals surface area contributed by atoms with Crippen molar-refractivity contribution in [2.75, 3.05) is 23.9 Å². The summed E-state index contributed by atoms with van der Waals surface area (Å²) >= 11 is 1.92. The molecular weight excluding hydrogens is 244 g/mol. The fourth-order valence-electron chi connectivity index (χ4n) is 2.01. The maximum Gasteiger partial charge on any atom is 0.225 e. The number of hydrogen-bond donors (Lipinski definition) is 2. The van der Waals surface area contributed by atoms with Gasteiger partial charge in [-0.3, -0.25) is 0 Å². The molecule has 18 heavy (non-hydrogen) atoms. The Morgan fingerprint density at radius 1 is 1.33 bits per heavy atom. The van der Waals surface area contributed by atoms with Crippen LogP contribution in [-0.4, -0.2) is 27.5 Å². The van der Waals surface area contributed by atoms with Gasteiger partial charge in [-0.2, -0.15) is 16.7 Å². The lowest BCUT2D eigenvalue weighted by atomic mass is 10.2. The second-order valence-corrected chi connectivity index (χ2v) is 5.96. The molecule has 0 amide bonds. The lowest BCUT2D eigenvalue weighted by molar-refractivity contribution is 0.931. The molecule has 94 valence electrons. The zero-order chi connectivity index (χ0) is 12.6. The Morgan fingerprint density at radius 3 is 2.83 bits per heavy atom. The van der Waals surface area contributed by atoms with Crippen LogP contribution in [0.1, 0.15) is 12.8 Å². The predicted octanol–water partition coefficient (Wildman–Crippen LogP) is 2.52. The van der Waals surface area contributed by atoms with Crippen LogP contribution in [0, 0.1) is 0 Å². The van der Waals surface area contributed by atoms with Crippen LogP contribution in [0.4, 0.5) is 11.8 Å². The van der Waals surface area contributed by atoms with Gasteiger partial charge in [0, 0.05) is 16.7 Å². The smallest absolute Gasteiger partial charge is 0.225 e. The molecule has 0 aliphatic heterocycles. The molecule has 0 saturated heterocycles. The minimum Gasteiger partial charge on any atom is -0.383 e. The molecule has 0 bridgehead atoms. The monoisotopic (exact) mass is 260 g/mol. The summed E-state index contributed by atoms with van der Waals surface area (Å²) < 4.78 is 0.393. The first-order chi connectivity index (χ1) is 8.72. The summed E-state index contributed by atoms with van der Waals surface area (Å²) in [5.41, 5.74) is 6.84. The number of aromatic nitrogens is 2. The number of para-hydroxylation sites is 1. The van der Waals surface area contributed by atoms with E-state index in [1.807, 2.05) is 36.0 Å². The van der Waals surface area contributed by atoms with Gasteiger partial charge in [0.25, 0.3) is 0 Å². The van der Waals surface area contributed by atoms with E-state index in [1.54, 1.807) is 0 Å². The third-order valence-electron chi connectivity index (χ3n) is 3.44. The van der Waals surface area contributed by atoms with E-state index in [0.29, 0.717) is 16.5 Å². The molecule has 0 unspecified atom stereocenters. The van der Waals surface area contributed by atoms with Crippen molar-refractivity contribution < 1.29 is 0 Å². The minimum atomic E-state index is 0.393. The maximum atomic E-state index is 5.95. The molecule has 0 radical (unpaired) electrons. The van der Waals surface area contributed by atoms with Crippen molar-refractivity contribution in [3.63, 3.8) is 0 Å². The molecule has 3 N–H and O–H groups in total. The fourth-order valence-corrected chi connectivity index (χ4v) is 2.74. The van der Waals surface area contributed by atoms with Gasteiger partial charge in [0.2, 0.25) is 5.95 Å². The minimum absolute atomic E-state index is 0.393. The summed E-state index contributed by atoms with van der Waals surface area (Å²) in [5.74, 6) is 1.17. The van der Waals surface area contributed by atoms with Crippen molar-refractivity contribution in [1.82, 2.24) is 9.97 Å². The van der Waals surface area contributed by atoms with E-state index < -0.39 is 0 Å². The van der Waals surface area contributed by atoms with E-state index in [2.05, 4.69) is 21.5 Å². The number of anilines is 2. The number of fused-ring (bicyclic) bond motifs is 1. The number of benzene rings is 1. The van der Waals surface area contributed by atoms with Crippen molar-refractivity contribution in [3.8, 4) is 0 Å². The van der Waals surface area contributed by atoms with Gasteiger partial charge in [0.1, 0.15) is 5.82 Å². The quantitative estimate of drug-likeness (QED) is 0.884. The van der Waals surface area contributed by atoms with E-state index in [0.717, 1.165) is 17.4 Å². The molecule has 1 saturated carbocycles. The Morgan fingerprint density at radius 2 is 2.11 bits per heavy atom. The van der Waals surface area contributed by atoms with E-state index in [1.165, 1.54) is 12.8 Å². The molecule has 5 heteroatoms. The third-order valence-corrected chi connectivity index (χ3v) is 4.86. The Bertz CT molecular complexity index is 580. The third kappa shape index (κ3) is 2.10. The number of nitrogens with zero attached hydrogens (tertiary/aromatic N) is 2. The molecule has 1 aromatic carbocycles. The highest BCUT2D eigenvalue weighted by atomic mass is 32.2. The van der Waals surface area contributed by atoms with E-state index >= 15 is 0 Å². The fraction of sp³-hybridized carbons (Fsp3) is 0.385. The number of hydrogen-bond acceptors (Lipinski definition) is 5. The van der Waals surface area contributed by atoms with Gasteiger partial charge in [-0.1, -0.05) is 12.1 Å². The Hall–Kier alpha value is -1.49. The van der Waals surface area contributed by atoms with Crippen LogP contribution in [0.25, 0.3) is 10.9 Å². The number of rotatable bonds is 4. The van der Waals surface area contributed by atoms with Gasteiger partial charge in [0.15, 0.2) is 0 Å². The summed E-state index contributed by atoms with van der Waals surface area (Å²) in [6.45, 7) is 0.909. The first kappa shape index (κ1) is 11.6. The summed E-state index contributed by atoms with van der Waals surface area (Å²) in [6.07, 6.45) is 4.69. The zero-order valence-electron chi connectivity index (χ0n) is 10.3. The van der Waals surface area contributed by atoms with Crippen molar-refractivity contribution in [2.24, 2.45) is 0 Å². The zero-order valence-corrected chi connectivity index (χ0v) is 11.1. The van der Waals surface area contributed by atoms with E-state index in [4.69, 9.17) is 5.73 Å². The normalized spacial score (nSPS) is 16.7. The summed E-state index contributed by atoms with van der Waals surface area (Å²) in [5, 5.41) is 4.22. The number of thioether (sulfide) groups is 1. The number of nitrogens with two attached hydrogens (primary N) is 1. The van der Waals surface area contributed by atoms with Gasteiger partial charge in [-0.15, -0.1) is 0 Å². The molecule has 0 spiro atoms. The largest absolute Gasteiger partial charge is 0.383 e. The summed E-state index contributed by atoms with van der Waals surface area (Å²) in [7, 11) is 0. The highest BCUT2D eigenvalue weighted by Gasteiger charge is 2.41.